The molecule has 1 aromatic rings. The molecule has 0 aliphatic carbocycles. The first-order chi connectivity index (χ1) is 7.75. The van der Waals surface area contributed by atoms with E-state index in [2.05, 4.69) is 24.5 Å². The molecule has 0 unspecified atom stereocenters. The number of benzene rings is 1. The molecule has 0 radical (unpaired) electrons. The average molecular weight is 250 g/mol. The van der Waals surface area contributed by atoms with Crippen molar-refractivity contribution < 1.29 is 4.74 Å². The topological polar surface area (TPSA) is 9.23 Å². The molecule has 1 heterocycles. The number of hydrogen-bond donors (Lipinski definition) is 0. The van der Waals surface area contributed by atoms with Gasteiger partial charge in [0.15, 0.2) is 0 Å². The third kappa shape index (κ3) is 1.81. The van der Waals surface area contributed by atoms with Crippen LogP contribution in [0.25, 0.3) is 0 Å². The van der Waals surface area contributed by atoms with Crippen molar-refractivity contribution in [2.45, 2.75) is 10.5 Å². The lowest BCUT2D eigenvalue weighted by molar-refractivity contribution is 0.280. The van der Waals surface area contributed by atoms with Crippen LogP contribution >= 0.6 is 23.5 Å². The fourth-order valence-corrected chi connectivity index (χ4v) is 3.98. The second-order valence-electron chi connectivity index (χ2n) is 3.61. The van der Waals surface area contributed by atoms with Crippen LogP contribution in [0, 0.1) is 12.3 Å². The van der Waals surface area contributed by atoms with Crippen LogP contribution in [0.5, 0.6) is 5.75 Å². The summed E-state index contributed by atoms with van der Waals surface area (Å²) in [6.45, 7) is 0.782. The van der Waals surface area contributed by atoms with Gasteiger partial charge in [-0.05, 0) is 30.7 Å². The molecule has 84 valence electrons. The highest BCUT2D eigenvalue weighted by Crippen LogP contribution is 2.52. The number of fused-ring (bicyclic) bond motifs is 1. The molecule has 1 aliphatic heterocycles. The van der Waals surface area contributed by atoms with Gasteiger partial charge in [-0.25, -0.2) is 0 Å². The summed E-state index contributed by atoms with van der Waals surface area (Å²) >= 11 is 3.74. The Kier molecular flexibility index (Phi) is 3.41. The quantitative estimate of drug-likeness (QED) is 0.588. The lowest BCUT2D eigenvalue weighted by atomic mass is 10.0. The third-order valence-corrected chi connectivity index (χ3v) is 6.07. The molecule has 0 spiro atoms. The Morgan fingerprint density at radius 2 is 2.12 bits per heavy atom. The van der Waals surface area contributed by atoms with E-state index in [1.54, 1.807) is 0 Å². The Morgan fingerprint density at radius 3 is 2.75 bits per heavy atom. The average Bonchev–Trinajstić information content (AvgIpc) is 2.37. The van der Waals surface area contributed by atoms with Crippen LogP contribution in [0.4, 0.5) is 0 Å². The standard InChI is InChI=1S/C13H14OS2/c1-4-10-5-6-12-11(9-10)13(15-2,16-3)7-8-14-12/h1,5-6,9H,7-8H2,2-3H3. The van der Waals surface area contributed by atoms with Gasteiger partial charge < -0.3 is 4.74 Å². The molecular weight excluding hydrogens is 236 g/mol. The van der Waals surface area contributed by atoms with E-state index < -0.39 is 0 Å². The Balaban J connectivity index is 2.55. The first kappa shape index (κ1) is 11.8. The van der Waals surface area contributed by atoms with Gasteiger partial charge in [0.2, 0.25) is 0 Å². The van der Waals surface area contributed by atoms with E-state index >= 15 is 0 Å². The van der Waals surface area contributed by atoms with Gasteiger partial charge in [-0.15, -0.1) is 29.9 Å². The molecular formula is C13H14OS2. The molecule has 0 fully saturated rings. The summed E-state index contributed by atoms with van der Waals surface area (Å²) < 4.78 is 5.78. The number of terminal acetylenes is 1. The van der Waals surface area contributed by atoms with E-state index in [9.17, 15) is 0 Å². The monoisotopic (exact) mass is 250 g/mol. The zero-order valence-corrected chi connectivity index (χ0v) is 11.1. The maximum Gasteiger partial charge on any atom is 0.124 e. The Bertz CT molecular complexity index is 430. The number of hydrogen-bond acceptors (Lipinski definition) is 3. The van der Waals surface area contributed by atoms with E-state index in [-0.39, 0.29) is 4.08 Å². The van der Waals surface area contributed by atoms with E-state index in [1.807, 2.05) is 35.7 Å². The first-order valence-corrected chi connectivity index (χ1v) is 7.55. The second-order valence-corrected chi connectivity index (χ2v) is 6.08. The molecule has 1 aliphatic rings. The van der Waals surface area contributed by atoms with Crippen LogP contribution in [0.3, 0.4) is 0 Å². The predicted molar refractivity (Wildman–Crippen MR) is 73.2 cm³/mol. The van der Waals surface area contributed by atoms with Crippen LogP contribution in [-0.4, -0.2) is 19.1 Å². The molecule has 0 bridgehead atoms. The summed E-state index contributed by atoms with van der Waals surface area (Å²) in [5, 5.41) is 0. The van der Waals surface area contributed by atoms with Gasteiger partial charge in [0.25, 0.3) is 0 Å². The molecule has 0 saturated heterocycles. The number of thioether (sulfide) groups is 2. The third-order valence-electron chi connectivity index (χ3n) is 2.90. The normalized spacial score (nSPS) is 17.1. The Morgan fingerprint density at radius 1 is 1.38 bits per heavy atom. The zero-order valence-electron chi connectivity index (χ0n) is 9.45. The van der Waals surface area contributed by atoms with Crippen LogP contribution in [-0.2, 0) is 4.08 Å². The maximum atomic E-state index is 5.69. The van der Waals surface area contributed by atoms with Crippen molar-refractivity contribution in [2.75, 3.05) is 19.1 Å². The highest BCUT2D eigenvalue weighted by Gasteiger charge is 2.36. The van der Waals surface area contributed by atoms with Crippen molar-refractivity contribution in [1.29, 1.82) is 0 Å². The van der Waals surface area contributed by atoms with Gasteiger partial charge in [0, 0.05) is 17.5 Å². The smallest absolute Gasteiger partial charge is 0.124 e. The highest BCUT2D eigenvalue weighted by atomic mass is 32.2. The van der Waals surface area contributed by atoms with Gasteiger partial charge in [-0.1, -0.05) is 5.92 Å². The van der Waals surface area contributed by atoms with Gasteiger partial charge in [-0.2, -0.15) is 0 Å². The van der Waals surface area contributed by atoms with Crippen LogP contribution < -0.4 is 4.74 Å². The summed E-state index contributed by atoms with van der Waals surface area (Å²) in [6, 6.07) is 6.02. The fraction of sp³-hybridized carbons (Fsp3) is 0.385. The van der Waals surface area contributed by atoms with Gasteiger partial charge in [-0.3, -0.25) is 0 Å². The lowest BCUT2D eigenvalue weighted by Crippen LogP contribution is -2.26. The fourth-order valence-electron chi connectivity index (χ4n) is 1.98. The summed E-state index contributed by atoms with van der Waals surface area (Å²) in [7, 11) is 0. The van der Waals surface area contributed by atoms with Crippen LogP contribution in [0.15, 0.2) is 18.2 Å². The minimum absolute atomic E-state index is 0.0977. The molecule has 0 saturated carbocycles. The van der Waals surface area contributed by atoms with Crippen molar-refractivity contribution in [3.8, 4) is 18.1 Å². The predicted octanol–water partition coefficient (Wildman–Crippen LogP) is 3.33. The molecule has 1 aromatic carbocycles. The minimum atomic E-state index is 0.0977. The molecule has 0 atom stereocenters. The molecule has 2 rings (SSSR count). The molecule has 3 heteroatoms. The maximum absolute atomic E-state index is 5.69. The highest BCUT2D eigenvalue weighted by molar-refractivity contribution is 8.16. The number of rotatable bonds is 2. The van der Waals surface area contributed by atoms with Crippen molar-refractivity contribution in [1.82, 2.24) is 0 Å². The van der Waals surface area contributed by atoms with Crippen molar-refractivity contribution in [3.63, 3.8) is 0 Å². The molecule has 0 amide bonds. The molecule has 0 N–H and O–H groups in total. The van der Waals surface area contributed by atoms with Gasteiger partial charge in [0.05, 0.1) is 10.7 Å². The van der Waals surface area contributed by atoms with Crippen LogP contribution in [0.1, 0.15) is 17.5 Å². The molecule has 0 aromatic heterocycles. The number of ether oxygens (including phenoxy) is 1. The van der Waals surface area contributed by atoms with Crippen LogP contribution in [0.2, 0.25) is 0 Å². The summed E-state index contributed by atoms with van der Waals surface area (Å²) in [4.78, 5) is 0. The van der Waals surface area contributed by atoms with Gasteiger partial charge in [0.1, 0.15) is 5.75 Å². The van der Waals surface area contributed by atoms with Crippen molar-refractivity contribution >= 4 is 23.5 Å². The van der Waals surface area contributed by atoms with E-state index in [1.165, 1.54) is 5.56 Å². The largest absolute Gasteiger partial charge is 0.493 e. The summed E-state index contributed by atoms with van der Waals surface area (Å²) in [5.41, 5.74) is 2.16. The van der Waals surface area contributed by atoms with E-state index in [4.69, 9.17) is 11.2 Å². The van der Waals surface area contributed by atoms with Gasteiger partial charge >= 0.3 is 0 Å². The van der Waals surface area contributed by atoms with E-state index in [0.717, 1.165) is 24.3 Å². The summed E-state index contributed by atoms with van der Waals surface area (Å²) in [5.74, 6) is 3.67. The molecule has 1 nitrogen and oxygen atoms in total. The lowest BCUT2D eigenvalue weighted by Gasteiger charge is -2.36. The Hall–Kier alpha value is -0.720. The summed E-state index contributed by atoms with van der Waals surface area (Å²) in [6.07, 6.45) is 10.8. The minimum Gasteiger partial charge on any atom is -0.493 e. The van der Waals surface area contributed by atoms with E-state index in [0.29, 0.717) is 0 Å². The SMILES string of the molecule is C#Cc1ccc2c(c1)C(SC)(SC)CCO2. The molecule has 16 heavy (non-hydrogen) atoms. The van der Waals surface area contributed by atoms with Crippen molar-refractivity contribution in [2.24, 2.45) is 0 Å². The first-order valence-electron chi connectivity index (χ1n) is 5.10. The second kappa shape index (κ2) is 4.65. The van der Waals surface area contributed by atoms with Crippen molar-refractivity contribution in [3.05, 3.63) is 29.3 Å². The Labute approximate surface area is 105 Å². The zero-order chi connectivity index (χ0) is 11.6.